The van der Waals surface area contributed by atoms with Crippen molar-refractivity contribution < 1.29 is 37.4 Å². The maximum Gasteiger partial charge on any atom is 0.320 e. The van der Waals surface area contributed by atoms with Crippen LogP contribution in [0.4, 0.5) is 8.78 Å². The van der Waals surface area contributed by atoms with Crippen molar-refractivity contribution in [2.75, 3.05) is 14.2 Å². The summed E-state index contributed by atoms with van der Waals surface area (Å²) in [5.41, 5.74) is 4.76. The van der Waals surface area contributed by atoms with Crippen molar-refractivity contribution in [1.82, 2.24) is 5.32 Å². The van der Waals surface area contributed by atoms with Gasteiger partial charge in [-0.1, -0.05) is 13.0 Å². The molecule has 10 heteroatoms. The fourth-order valence-corrected chi connectivity index (χ4v) is 2.52. The number of nitrogens with two attached hydrogens (primary N) is 1. The number of benzene rings is 1. The van der Waals surface area contributed by atoms with Crippen molar-refractivity contribution in [3.8, 4) is 0 Å². The molecular formula is C17H20F2N2O6. The van der Waals surface area contributed by atoms with E-state index in [0.29, 0.717) is 0 Å². The third kappa shape index (κ3) is 5.47. The van der Waals surface area contributed by atoms with Crippen LogP contribution in [0.1, 0.15) is 12.5 Å². The van der Waals surface area contributed by atoms with Gasteiger partial charge >= 0.3 is 11.9 Å². The Kier molecular flexibility index (Phi) is 7.82. The summed E-state index contributed by atoms with van der Waals surface area (Å²) in [5.74, 6) is -8.51. The van der Waals surface area contributed by atoms with Gasteiger partial charge in [-0.25, -0.2) is 8.78 Å². The van der Waals surface area contributed by atoms with E-state index in [1.165, 1.54) is 6.92 Å². The van der Waals surface area contributed by atoms with E-state index in [-0.39, 0.29) is 0 Å². The molecule has 0 fully saturated rings. The number of carbonyl (C=O) groups is 4. The van der Waals surface area contributed by atoms with Crippen LogP contribution in [0.2, 0.25) is 0 Å². The van der Waals surface area contributed by atoms with Gasteiger partial charge in [0.2, 0.25) is 11.8 Å². The Morgan fingerprint density at radius 3 is 1.96 bits per heavy atom. The van der Waals surface area contributed by atoms with E-state index in [4.69, 9.17) is 5.73 Å². The molecule has 27 heavy (non-hydrogen) atoms. The summed E-state index contributed by atoms with van der Waals surface area (Å²) in [6.45, 7) is 1.30. The van der Waals surface area contributed by atoms with Gasteiger partial charge in [0.15, 0.2) is 5.92 Å². The van der Waals surface area contributed by atoms with Crippen LogP contribution in [0.25, 0.3) is 0 Å². The van der Waals surface area contributed by atoms with Crippen LogP contribution in [0.3, 0.4) is 0 Å². The van der Waals surface area contributed by atoms with E-state index in [2.05, 4.69) is 14.8 Å². The Morgan fingerprint density at radius 1 is 1.07 bits per heavy atom. The van der Waals surface area contributed by atoms with Gasteiger partial charge in [0, 0.05) is 11.5 Å². The van der Waals surface area contributed by atoms with Crippen LogP contribution >= 0.6 is 0 Å². The predicted molar refractivity (Wildman–Crippen MR) is 87.9 cm³/mol. The highest BCUT2D eigenvalue weighted by molar-refractivity contribution is 5.97. The second-order valence-electron chi connectivity index (χ2n) is 5.71. The molecule has 0 aliphatic heterocycles. The van der Waals surface area contributed by atoms with E-state index in [9.17, 15) is 28.0 Å². The van der Waals surface area contributed by atoms with Crippen LogP contribution in [0.5, 0.6) is 0 Å². The van der Waals surface area contributed by atoms with Crippen LogP contribution in [-0.2, 0) is 35.1 Å². The van der Waals surface area contributed by atoms with Crippen LogP contribution in [-0.4, -0.2) is 44.0 Å². The number of rotatable bonds is 8. The summed E-state index contributed by atoms with van der Waals surface area (Å²) in [6, 6.07) is 1.60. The highest BCUT2D eigenvalue weighted by Gasteiger charge is 2.41. The Bertz CT molecular complexity index is 704. The minimum atomic E-state index is -1.54. The largest absolute Gasteiger partial charge is 0.468 e. The lowest BCUT2D eigenvalue weighted by Gasteiger charge is -2.26. The van der Waals surface area contributed by atoms with Gasteiger partial charge in [0.1, 0.15) is 17.7 Å². The third-order valence-corrected chi connectivity index (χ3v) is 3.98. The first-order valence-corrected chi connectivity index (χ1v) is 7.81. The zero-order valence-electron chi connectivity index (χ0n) is 15.0. The zero-order valence-corrected chi connectivity index (χ0v) is 15.0. The maximum atomic E-state index is 13.7. The van der Waals surface area contributed by atoms with E-state index in [0.717, 1.165) is 32.4 Å². The Hall–Kier alpha value is -3.04. The Labute approximate surface area is 154 Å². The van der Waals surface area contributed by atoms with Crippen molar-refractivity contribution in [2.24, 2.45) is 17.6 Å². The van der Waals surface area contributed by atoms with Gasteiger partial charge in [-0.05, 0) is 12.1 Å². The summed E-state index contributed by atoms with van der Waals surface area (Å²) < 4.78 is 36.4. The molecule has 1 rings (SSSR count). The Balaban J connectivity index is 3.03. The monoisotopic (exact) mass is 386 g/mol. The second kappa shape index (κ2) is 9.60. The average molecular weight is 386 g/mol. The van der Waals surface area contributed by atoms with Crippen LogP contribution in [0.15, 0.2) is 18.2 Å². The fraction of sp³-hybridized carbons (Fsp3) is 0.412. The Morgan fingerprint density at radius 2 is 1.56 bits per heavy atom. The van der Waals surface area contributed by atoms with Crippen molar-refractivity contribution >= 4 is 23.8 Å². The maximum absolute atomic E-state index is 13.7. The molecule has 0 saturated heterocycles. The third-order valence-electron chi connectivity index (χ3n) is 3.98. The number of amides is 2. The van der Waals surface area contributed by atoms with E-state index in [1.807, 2.05) is 0 Å². The minimum absolute atomic E-state index is 0.497. The fourth-order valence-electron chi connectivity index (χ4n) is 2.52. The molecule has 0 saturated carbocycles. The van der Waals surface area contributed by atoms with Crippen molar-refractivity contribution in [3.05, 3.63) is 35.4 Å². The minimum Gasteiger partial charge on any atom is -0.468 e. The lowest BCUT2D eigenvalue weighted by Crippen LogP contribution is -2.53. The molecule has 0 unspecified atom stereocenters. The summed E-state index contributed by atoms with van der Waals surface area (Å²) in [5, 5.41) is 2.20. The molecule has 8 nitrogen and oxygen atoms in total. The van der Waals surface area contributed by atoms with E-state index < -0.39 is 65.2 Å². The van der Waals surface area contributed by atoms with Gasteiger partial charge < -0.3 is 20.5 Å². The van der Waals surface area contributed by atoms with Gasteiger partial charge in [0.05, 0.1) is 20.6 Å². The van der Waals surface area contributed by atoms with E-state index in [1.54, 1.807) is 0 Å². The number of methoxy groups -OCH3 is 2. The summed E-state index contributed by atoms with van der Waals surface area (Å²) in [4.78, 5) is 47.6. The van der Waals surface area contributed by atoms with Crippen molar-refractivity contribution in [3.63, 3.8) is 0 Å². The molecule has 0 aliphatic carbocycles. The zero-order chi connectivity index (χ0) is 20.7. The average Bonchev–Trinajstić information content (AvgIpc) is 2.62. The van der Waals surface area contributed by atoms with Gasteiger partial charge in [-0.3, -0.25) is 19.2 Å². The normalized spacial score (nSPS) is 12.8. The molecule has 148 valence electrons. The lowest BCUT2D eigenvalue weighted by atomic mass is 9.86. The van der Waals surface area contributed by atoms with Crippen molar-refractivity contribution in [1.29, 1.82) is 0 Å². The number of ether oxygens (including phenoxy) is 2. The van der Waals surface area contributed by atoms with Gasteiger partial charge in [-0.2, -0.15) is 0 Å². The number of carbonyl (C=O) groups excluding carboxylic acids is 4. The first-order chi connectivity index (χ1) is 12.6. The highest BCUT2D eigenvalue weighted by Crippen LogP contribution is 2.20. The van der Waals surface area contributed by atoms with Crippen LogP contribution in [0, 0.1) is 23.5 Å². The molecule has 0 spiro atoms. The lowest BCUT2D eigenvalue weighted by molar-refractivity contribution is -0.162. The van der Waals surface area contributed by atoms with Gasteiger partial charge in [0.25, 0.3) is 0 Å². The second-order valence-corrected chi connectivity index (χ2v) is 5.71. The smallest absolute Gasteiger partial charge is 0.320 e. The number of primary amides is 1. The topological polar surface area (TPSA) is 125 Å². The molecule has 2 amide bonds. The summed E-state index contributed by atoms with van der Waals surface area (Å²) in [6.07, 6.45) is -0.712. The molecular weight excluding hydrogens is 366 g/mol. The molecule has 3 N–H and O–H groups in total. The molecule has 0 radical (unpaired) electrons. The molecule has 2 atom stereocenters. The summed E-state index contributed by atoms with van der Waals surface area (Å²) >= 11 is 0. The van der Waals surface area contributed by atoms with E-state index >= 15 is 0 Å². The number of hydrogen-bond acceptors (Lipinski definition) is 6. The summed E-state index contributed by atoms with van der Waals surface area (Å²) in [7, 11) is 2.06. The number of esters is 2. The molecule has 0 aliphatic rings. The first kappa shape index (κ1) is 22.0. The quantitative estimate of drug-likeness (QED) is 0.481. The highest BCUT2D eigenvalue weighted by atomic mass is 19.1. The predicted octanol–water partition coefficient (Wildman–Crippen LogP) is 0.0757. The number of hydrogen-bond donors (Lipinski definition) is 2. The molecule has 0 bridgehead atoms. The van der Waals surface area contributed by atoms with Crippen molar-refractivity contribution in [2.45, 2.75) is 19.4 Å². The SMILES string of the molecule is COC(=O)C(C(=O)OC)[C@@H](C)[C@H](NC(=O)Cc1c(F)cccc1F)C(N)=O. The number of halogens is 2. The molecule has 0 aromatic heterocycles. The molecule has 0 heterocycles. The standard InChI is InChI=1S/C17H20F2N2O6/c1-8(13(16(24)26-2)17(25)27-3)14(15(20)23)21-12(22)7-9-10(18)5-4-6-11(9)19/h4-6,8,13-14H,7H2,1-3H3,(H2,20,23)(H,21,22)/t8-,14+/m1/s1. The first-order valence-electron chi connectivity index (χ1n) is 7.81. The molecule has 1 aromatic rings. The van der Waals surface area contributed by atoms with Gasteiger partial charge in [-0.15, -0.1) is 0 Å². The molecule has 1 aromatic carbocycles. The van der Waals surface area contributed by atoms with Crippen LogP contribution < -0.4 is 11.1 Å². The number of nitrogens with one attached hydrogen (secondary N) is 1.